The van der Waals surface area contributed by atoms with Gasteiger partial charge < -0.3 is 16.4 Å². The van der Waals surface area contributed by atoms with E-state index >= 15 is 0 Å². The Hall–Kier alpha value is -1.17. The molecule has 0 fully saturated rings. The first-order valence-corrected chi connectivity index (χ1v) is 7.53. The lowest BCUT2D eigenvalue weighted by atomic mass is 9.77. The molecule has 0 radical (unpaired) electrons. The molecule has 6 heteroatoms. The van der Waals surface area contributed by atoms with Crippen LogP contribution in [0, 0.1) is 5.41 Å². The quantitative estimate of drug-likeness (QED) is 0.633. The molecule has 0 saturated heterocycles. The Balaban J connectivity index is 5.56. The smallest absolute Gasteiger partial charge is 0.237 e. The van der Waals surface area contributed by atoms with Crippen molar-refractivity contribution in [3.8, 4) is 0 Å². The Labute approximate surface area is 127 Å². The zero-order valence-corrected chi connectivity index (χ0v) is 13.8. The Morgan fingerprint density at radius 2 is 1.60 bits per heavy atom. The number of nitrogens with two attached hydrogens (primary N) is 2. The van der Waals surface area contributed by atoms with Gasteiger partial charge in [-0.3, -0.25) is 9.59 Å². The summed E-state index contributed by atoms with van der Waals surface area (Å²) in [5.74, 6) is -0.709. The van der Waals surface area contributed by atoms with Crippen LogP contribution in [0.2, 0.25) is 0 Å². The number of carbonyl (C=O) groups is 2. The van der Waals surface area contributed by atoms with Gasteiger partial charge in [0.15, 0.2) is 0 Å². The molecule has 0 aliphatic heterocycles. The number of primary amides is 1. The molecular formula is C14H27N3O2S. The minimum absolute atomic E-state index is 0.103. The minimum Gasteiger partial charge on any atom is -0.392 e. The highest BCUT2D eigenvalue weighted by molar-refractivity contribution is 7.80. The third kappa shape index (κ3) is 4.44. The van der Waals surface area contributed by atoms with Gasteiger partial charge >= 0.3 is 0 Å². The molecule has 0 rings (SSSR count). The van der Waals surface area contributed by atoms with Gasteiger partial charge in [-0.2, -0.15) is 0 Å². The van der Waals surface area contributed by atoms with Crippen molar-refractivity contribution in [3.05, 3.63) is 0 Å². The number of nitrogens with zero attached hydrogens (tertiary/aromatic N) is 1. The molecule has 0 saturated carbocycles. The fourth-order valence-electron chi connectivity index (χ4n) is 2.48. The largest absolute Gasteiger partial charge is 0.392 e. The Morgan fingerprint density at radius 3 is 1.85 bits per heavy atom. The van der Waals surface area contributed by atoms with Gasteiger partial charge in [-0.05, 0) is 26.7 Å². The summed E-state index contributed by atoms with van der Waals surface area (Å²) in [6.07, 6.45) is 2.78. The van der Waals surface area contributed by atoms with E-state index in [1.54, 1.807) is 0 Å². The van der Waals surface area contributed by atoms with E-state index in [0.29, 0.717) is 12.8 Å². The van der Waals surface area contributed by atoms with Crippen LogP contribution in [0.4, 0.5) is 0 Å². The summed E-state index contributed by atoms with van der Waals surface area (Å²) < 4.78 is 0. The molecule has 0 spiro atoms. The molecule has 4 N–H and O–H groups in total. The van der Waals surface area contributed by atoms with E-state index in [9.17, 15) is 9.59 Å². The summed E-state index contributed by atoms with van der Waals surface area (Å²) in [7, 11) is 0. The van der Waals surface area contributed by atoms with Crippen molar-refractivity contribution in [2.75, 3.05) is 6.54 Å². The number of hydrogen-bond donors (Lipinski definition) is 2. The van der Waals surface area contributed by atoms with Crippen LogP contribution >= 0.6 is 12.2 Å². The Bertz CT molecular complexity index is 363. The van der Waals surface area contributed by atoms with E-state index in [0.717, 1.165) is 12.8 Å². The van der Waals surface area contributed by atoms with Crippen LogP contribution in [-0.2, 0) is 9.59 Å². The lowest BCUT2D eigenvalue weighted by molar-refractivity contribution is -0.143. The number of hydrogen-bond acceptors (Lipinski definition) is 3. The summed E-state index contributed by atoms with van der Waals surface area (Å²) >= 11 is 5.17. The van der Waals surface area contributed by atoms with Crippen molar-refractivity contribution >= 4 is 29.0 Å². The summed E-state index contributed by atoms with van der Waals surface area (Å²) in [6, 6.07) is -0.127. The predicted molar refractivity (Wildman–Crippen MR) is 85.1 cm³/mol. The van der Waals surface area contributed by atoms with Gasteiger partial charge in [0.1, 0.15) is 0 Å². The molecule has 116 valence electrons. The second kappa shape index (κ2) is 8.19. The summed E-state index contributed by atoms with van der Waals surface area (Å²) in [4.78, 5) is 25.8. The fraction of sp³-hybridized carbons (Fsp3) is 0.786. The highest BCUT2D eigenvalue weighted by Crippen LogP contribution is 2.33. The SMILES string of the molecule is CCCC(CCC)(C(=O)N(CC(N)=O)C(C)C)C(N)=S. The zero-order valence-electron chi connectivity index (χ0n) is 12.9. The van der Waals surface area contributed by atoms with Crippen LogP contribution in [0.1, 0.15) is 53.4 Å². The summed E-state index contributed by atoms with van der Waals surface area (Å²) in [6.45, 7) is 7.58. The molecule has 0 heterocycles. The van der Waals surface area contributed by atoms with Gasteiger partial charge in [0.25, 0.3) is 0 Å². The van der Waals surface area contributed by atoms with Crippen molar-refractivity contribution in [1.82, 2.24) is 4.90 Å². The molecule has 0 aromatic rings. The van der Waals surface area contributed by atoms with Crippen LogP contribution in [0.15, 0.2) is 0 Å². The molecule has 20 heavy (non-hydrogen) atoms. The molecule has 0 bridgehead atoms. The normalized spacial score (nSPS) is 11.4. The standard InChI is InChI=1S/C14H27N3O2S/c1-5-7-14(8-6-2,12(16)20)13(19)17(10(3)4)9-11(15)18/h10H,5-9H2,1-4H3,(H2,15,18)(H2,16,20). The average molecular weight is 301 g/mol. The minimum atomic E-state index is -0.863. The van der Waals surface area contributed by atoms with Crippen LogP contribution in [-0.4, -0.2) is 34.3 Å². The molecular weight excluding hydrogens is 274 g/mol. The maximum Gasteiger partial charge on any atom is 0.237 e. The molecule has 0 aromatic heterocycles. The van der Waals surface area contributed by atoms with E-state index in [2.05, 4.69) is 0 Å². The highest BCUT2D eigenvalue weighted by Gasteiger charge is 2.43. The number of carbonyl (C=O) groups excluding carboxylic acids is 2. The van der Waals surface area contributed by atoms with Crippen molar-refractivity contribution in [1.29, 1.82) is 0 Å². The Kier molecular flexibility index (Phi) is 7.71. The molecule has 0 unspecified atom stereocenters. The number of rotatable bonds is 9. The fourth-order valence-corrected chi connectivity index (χ4v) is 2.77. The highest BCUT2D eigenvalue weighted by atomic mass is 32.1. The van der Waals surface area contributed by atoms with Gasteiger partial charge in [0, 0.05) is 6.04 Å². The monoisotopic (exact) mass is 301 g/mol. The molecule has 5 nitrogen and oxygen atoms in total. The van der Waals surface area contributed by atoms with Crippen molar-refractivity contribution in [3.63, 3.8) is 0 Å². The Morgan fingerprint density at radius 1 is 1.15 bits per heavy atom. The van der Waals surface area contributed by atoms with Gasteiger partial charge in [-0.1, -0.05) is 38.9 Å². The number of amides is 2. The first-order chi connectivity index (χ1) is 9.22. The van der Waals surface area contributed by atoms with Crippen LogP contribution in [0.5, 0.6) is 0 Å². The first kappa shape index (κ1) is 18.8. The molecule has 0 aliphatic carbocycles. The lowest BCUT2D eigenvalue weighted by Gasteiger charge is -2.38. The molecule has 0 aromatic carbocycles. The van der Waals surface area contributed by atoms with E-state index in [1.165, 1.54) is 4.90 Å². The molecule has 2 amide bonds. The first-order valence-electron chi connectivity index (χ1n) is 7.12. The average Bonchev–Trinajstić information content (AvgIpc) is 2.33. The third-order valence-corrected chi connectivity index (χ3v) is 3.84. The van der Waals surface area contributed by atoms with Crippen molar-refractivity contribution in [2.45, 2.75) is 59.4 Å². The lowest BCUT2D eigenvalue weighted by Crippen LogP contribution is -2.54. The van der Waals surface area contributed by atoms with Crippen LogP contribution in [0.3, 0.4) is 0 Å². The van der Waals surface area contributed by atoms with E-state index in [-0.39, 0.29) is 23.5 Å². The summed E-state index contributed by atoms with van der Waals surface area (Å²) in [5.41, 5.74) is 10.3. The second-order valence-corrected chi connectivity index (χ2v) is 5.88. The topological polar surface area (TPSA) is 89.4 Å². The maximum atomic E-state index is 12.9. The molecule has 0 aliphatic rings. The van der Waals surface area contributed by atoms with Crippen molar-refractivity contribution in [2.24, 2.45) is 16.9 Å². The van der Waals surface area contributed by atoms with Gasteiger partial charge in [-0.15, -0.1) is 0 Å². The van der Waals surface area contributed by atoms with Crippen LogP contribution in [0.25, 0.3) is 0 Å². The van der Waals surface area contributed by atoms with Gasteiger partial charge in [0.2, 0.25) is 11.8 Å². The van der Waals surface area contributed by atoms with E-state index in [1.807, 2.05) is 27.7 Å². The van der Waals surface area contributed by atoms with Gasteiger partial charge in [0.05, 0.1) is 16.9 Å². The number of thiocarbonyl (C=S) groups is 1. The zero-order chi connectivity index (χ0) is 15.9. The maximum absolute atomic E-state index is 12.9. The van der Waals surface area contributed by atoms with Crippen LogP contribution < -0.4 is 11.5 Å². The van der Waals surface area contributed by atoms with E-state index < -0.39 is 11.3 Å². The van der Waals surface area contributed by atoms with Crippen molar-refractivity contribution < 1.29 is 9.59 Å². The van der Waals surface area contributed by atoms with E-state index in [4.69, 9.17) is 23.7 Å². The second-order valence-electron chi connectivity index (χ2n) is 5.44. The molecule has 0 atom stereocenters. The summed E-state index contributed by atoms with van der Waals surface area (Å²) in [5, 5.41) is 0. The predicted octanol–water partition coefficient (Wildman–Crippen LogP) is 1.58. The third-order valence-electron chi connectivity index (χ3n) is 3.44. The van der Waals surface area contributed by atoms with Gasteiger partial charge in [-0.25, -0.2) is 0 Å².